The van der Waals surface area contributed by atoms with Crippen molar-refractivity contribution in [2.75, 3.05) is 25.0 Å². The minimum absolute atomic E-state index is 0.00197. The lowest BCUT2D eigenvalue weighted by atomic mass is 10.2. The van der Waals surface area contributed by atoms with Gasteiger partial charge >= 0.3 is 0 Å². The summed E-state index contributed by atoms with van der Waals surface area (Å²) in [6.45, 7) is 2.88. The zero-order valence-corrected chi connectivity index (χ0v) is 16.8. The normalized spacial score (nSPS) is 15.1. The number of halogens is 2. The second-order valence-electron chi connectivity index (χ2n) is 6.61. The molecule has 3 rings (SSSR count). The van der Waals surface area contributed by atoms with E-state index in [1.54, 1.807) is 6.92 Å². The highest BCUT2D eigenvalue weighted by molar-refractivity contribution is 7.89. The van der Waals surface area contributed by atoms with Gasteiger partial charge in [0.1, 0.15) is 5.75 Å². The van der Waals surface area contributed by atoms with Gasteiger partial charge in [-0.15, -0.1) is 0 Å². The van der Waals surface area contributed by atoms with Gasteiger partial charge in [-0.3, -0.25) is 4.79 Å². The van der Waals surface area contributed by atoms with Crippen LogP contribution in [0.25, 0.3) is 0 Å². The molecule has 1 saturated heterocycles. The largest absolute Gasteiger partial charge is 0.492 e. The van der Waals surface area contributed by atoms with Crippen molar-refractivity contribution >= 4 is 21.6 Å². The molecule has 1 amide bonds. The highest BCUT2D eigenvalue weighted by Crippen LogP contribution is 2.31. The fraction of sp³-hybridized carbons (Fsp3) is 0.350. The lowest BCUT2D eigenvalue weighted by Crippen LogP contribution is -2.35. The number of piperidine rings is 1. The number of nitrogens with zero attached hydrogens (tertiary/aromatic N) is 1. The molecule has 0 radical (unpaired) electrons. The lowest BCUT2D eigenvalue weighted by Gasteiger charge is -2.26. The molecule has 1 aliphatic heterocycles. The van der Waals surface area contributed by atoms with E-state index >= 15 is 0 Å². The predicted molar refractivity (Wildman–Crippen MR) is 105 cm³/mol. The summed E-state index contributed by atoms with van der Waals surface area (Å²) in [4.78, 5) is 12.5. The second kappa shape index (κ2) is 8.87. The molecule has 0 unspecified atom stereocenters. The number of hydrogen-bond acceptors (Lipinski definition) is 4. The van der Waals surface area contributed by atoms with E-state index in [1.807, 2.05) is 0 Å². The summed E-state index contributed by atoms with van der Waals surface area (Å²) in [6, 6.07) is 7.40. The Hall–Kier alpha value is -2.52. The number of ether oxygens (including phenoxy) is 1. The molecule has 1 fully saturated rings. The van der Waals surface area contributed by atoms with Gasteiger partial charge in [0, 0.05) is 13.1 Å². The zero-order valence-electron chi connectivity index (χ0n) is 16.0. The van der Waals surface area contributed by atoms with Gasteiger partial charge in [-0.2, -0.15) is 4.31 Å². The van der Waals surface area contributed by atoms with Crippen molar-refractivity contribution in [2.45, 2.75) is 31.1 Å². The Labute approximate surface area is 168 Å². The third-order valence-corrected chi connectivity index (χ3v) is 6.54. The van der Waals surface area contributed by atoms with Gasteiger partial charge in [-0.1, -0.05) is 12.5 Å². The van der Waals surface area contributed by atoms with E-state index in [9.17, 15) is 22.0 Å². The number of anilines is 1. The van der Waals surface area contributed by atoms with E-state index < -0.39 is 33.1 Å². The van der Waals surface area contributed by atoms with Crippen molar-refractivity contribution in [1.29, 1.82) is 0 Å². The lowest BCUT2D eigenvalue weighted by molar-refractivity contribution is 0.102. The molecule has 0 spiro atoms. The Morgan fingerprint density at radius 2 is 1.86 bits per heavy atom. The van der Waals surface area contributed by atoms with Crippen LogP contribution in [0.3, 0.4) is 0 Å². The maximum atomic E-state index is 13.9. The maximum absolute atomic E-state index is 13.9. The Kier molecular flexibility index (Phi) is 6.49. The molecule has 2 aromatic rings. The van der Waals surface area contributed by atoms with Crippen LogP contribution in [0.2, 0.25) is 0 Å². The zero-order chi connectivity index (χ0) is 21.0. The Balaban J connectivity index is 1.95. The first-order valence-corrected chi connectivity index (χ1v) is 10.8. The minimum Gasteiger partial charge on any atom is -0.492 e. The van der Waals surface area contributed by atoms with Gasteiger partial charge in [0.2, 0.25) is 10.0 Å². The number of carbonyl (C=O) groups excluding carboxylic acids is 1. The quantitative estimate of drug-likeness (QED) is 0.766. The summed E-state index contributed by atoms with van der Waals surface area (Å²) in [5.74, 6) is -3.10. The molecule has 1 N–H and O–H groups in total. The molecule has 0 bridgehead atoms. The van der Waals surface area contributed by atoms with Crippen molar-refractivity contribution in [2.24, 2.45) is 0 Å². The molecule has 1 aliphatic rings. The van der Waals surface area contributed by atoms with Crippen LogP contribution in [-0.4, -0.2) is 38.3 Å². The summed E-state index contributed by atoms with van der Waals surface area (Å²) in [5.41, 5.74) is -0.421. The summed E-state index contributed by atoms with van der Waals surface area (Å²) < 4.78 is 60.1. The number of nitrogens with one attached hydrogen (secondary N) is 1. The van der Waals surface area contributed by atoms with Gasteiger partial charge in [0.15, 0.2) is 11.6 Å². The second-order valence-corrected chi connectivity index (χ2v) is 8.55. The van der Waals surface area contributed by atoms with E-state index in [1.165, 1.54) is 28.6 Å². The minimum atomic E-state index is -3.74. The van der Waals surface area contributed by atoms with Crippen LogP contribution in [0.5, 0.6) is 5.75 Å². The highest BCUT2D eigenvalue weighted by Gasteiger charge is 2.27. The number of carbonyl (C=O) groups is 1. The first kappa shape index (κ1) is 21.2. The first-order chi connectivity index (χ1) is 13.8. The molecule has 0 atom stereocenters. The van der Waals surface area contributed by atoms with Gasteiger partial charge in [-0.05, 0) is 50.1 Å². The average Bonchev–Trinajstić information content (AvgIpc) is 2.72. The van der Waals surface area contributed by atoms with E-state index in [2.05, 4.69) is 5.32 Å². The Morgan fingerprint density at radius 1 is 1.14 bits per heavy atom. The van der Waals surface area contributed by atoms with Crippen LogP contribution in [0.15, 0.2) is 41.3 Å². The molecule has 2 aromatic carbocycles. The molecule has 6 nitrogen and oxygen atoms in total. The van der Waals surface area contributed by atoms with Crippen LogP contribution >= 0.6 is 0 Å². The SMILES string of the molecule is CCOc1ccc(S(=O)(=O)N2CCCCC2)cc1NC(=O)c1cccc(F)c1F. The maximum Gasteiger partial charge on any atom is 0.258 e. The summed E-state index contributed by atoms with van der Waals surface area (Å²) in [6.07, 6.45) is 2.56. The molecule has 9 heteroatoms. The standard InChI is InChI=1S/C20H22F2N2O4S/c1-2-28-18-10-9-14(29(26,27)24-11-4-3-5-12-24)13-17(18)23-20(25)15-7-6-8-16(21)19(15)22/h6-10,13H,2-5,11-12H2,1H3,(H,23,25). The molecule has 0 saturated carbocycles. The van der Waals surface area contributed by atoms with Crippen LogP contribution < -0.4 is 10.1 Å². The van der Waals surface area contributed by atoms with Crippen LogP contribution in [0, 0.1) is 11.6 Å². The van der Waals surface area contributed by atoms with E-state index in [-0.39, 0.29) is 22.9 Å². The monoisotopic (exact) mass is 424 g/mol. The molecule has 0 aliphatic carbocycles. The summed E-state index contributed by atoms with van der Waals surface area (Å²) >= 11 is 0. The Bertz CT molecular complexity index is 1010. The number of benzene rings is 2. The smallest absolute Gasteiger partial charge is 0.258 e. The topological polar surface area (TPSA) is 75.7 Å². The average molecular weight is 424 g/mol. The fourth-order valence-electron chi connectivity index (χ4n) is 3.17. The van der Waals surface area contributed by atoms with Crippen LogP contribution in [0.1, 0.15) is 36.5 Å². The predicted octanol–water partition coefficient (Wildman–Crippen LogP) is 3.79. The molecule has 156 valence electrons. The van der Waals surface area contributed by atoms with Gasteiger partial charge < -0.3 is 10.1 Å². The van der Waals surface area contributed by atoms with Crippen LogP contribution in [-0.2, 0) is 10.0 Å². The van der Waals surface area contributed by atoms with Gasteiger partial charge in [-0.25, -0.2) is 17.2 Å². The molecular formula is C20H22F2N2O4S. The molecule has 1 heterocycles. The summed E-state index contributed by atoms with van der Waals surface area (Å²) in [5, 5.41) is 2.44. The molecular weight excluding hydrogens is 402 g/mol. The number of amides is 1. The van der Waals surface area contributed by atoms with Crippen molar-refractivity contribution in [3.05, 3.63) is 53.6 Å². The van der Waals surface area contributed by atoms with E-state index in [4.69, 9.17) is 4.74 Å². The van der Waals surface area contributed by atoms with Crippen molar-refractivity contribution < 1.29 is 26.7 Å². The van der Waals surface area contributed by atoms with Gasteiger partial charge in [0.05, 0.1) is 22.8 Å². The number of sulfonamides is 1. The van der Waals surface area contributed by atoms with E-state index in [0.29, 0.717) is 13.1 Å². The molecule has 29 heavy (non-hydrogen) atoms. The third-order valence-electron chi connectivity index (χ3n) is 4.65. The van der Waals surface area contributed by atoms with Crippen molar-refractivity contribution in [1.82, 2.24) is 4.31 Å². The first-order valence-electron chi connectivity index (χ1n) is 9.37. The molecule has 0 aromatic heterocycles. The van der Waals surface area contributed by atoms with E-state index in [0.717, 1.165) is 31.4 Å². The number of rotatable bonds is 6. The van der Waals surface area contributed by atoms with Crippen LogP contribution in [0.4, 0.5) is 14.5 Å². The number of hydrogen-bond donors (Lipinski definition) is 1. The highest BCUT2D eigenvalue weighted by atomic mass is 32.2. The summed E-state index contributed by atoms with van der Waals surface area (Å²) in [7, 11) is -3.74. The fourth-order valence-corrected chi connectivity index (χ4v) is 4.72. The van der Waals surface area contributed by atoms with Crippen molar-refractivity contribution in [3.63, 3.8) is 0 Å². The van der Waals surface area contributed by atoms with Crippen molar-refractivity contribution in [3.8, 4) is 5.75 Å². The Morgan fingerprint density at radius 3 is 2.55 bits per heavy atom. The third kappa shape index (κ3) is 4.56. The van der Waals surface area contributed by atoms with Gasteiger partial charge in [0.25, 0.3) is 5.91 Å².